The maximum atomic E-state index is 13.7. The highest BCUT2D eigenvalue weighted by atomic mass is 16.7. The fourth-order valence-corrected chi connectivity index (χ4v) is 9.46. The Morgan fingerprint density at radius 1 is 0.971 bits per heavy atom. The van der Waals surface area contributed by atoms with Crippen molar-refractivity contribution in [1.29, 1.82) is 0 Å². The predicted molar refractivity (Wildman–Crippen MR) is 123 cm³/mol. The number of fused-ring (bicyclic) bond motifs is 3. The Labute approximate surface area is 206 Å². The monoisotopic (exact) mass is 498 g/mol. The molecule has 0 aromatic carbocycles. The van der Waals surface area contributed by atoms with Crippen LogP contribution in [-0.2, 0) is 14.3 Å². The molecular weight excluding hydrogens is 456 g/mol. The minimum atomic E-state index is -1.62. The van der Waals surface area contributed by atoms with Crippen LogP contribution in [0.2, 0.25) is 0 Å². The van der Waals surface area contributed by atoms with E-state index in [9.17, 15) is 35.4 Å². The molecule has 4 aliphatic carbocycles. The molecule has 5 rings (SSSR count). The van der Waals surface area contributed by atoms with Gasteiger partial charge in [-0.3, -0.25) is 4.79 Å². The molecule has 0 amide bonds. The highest BCUT2D eigenvalue weighted by Crippen LogP contribution is 2.73. The van der Waals surface area contributed by atoms with Crippen LogP contribution in [0.3, 0.4) is 0 Å². The number of hydrogen-bond donors (Lipinski definition) is 6. The van der Waals surface area contributed by atoms with Gasteiger partial charge < -0.3 is 40.1 Å². The maximum Gasteiger partial charge on any atom is 0.314 e. The average molecular weight is 499 g/mol. The van der Waals surface area contributed by atoms with Gasteiger partial charge in [0, 0.05) is 0 Å². The van der Waals surface area contributed by atoms with E-state index in [-0.39, 0.29) is 29.3 Å². The molecule has 9 heteroatoms. The molecule has 0 aromatic rings. The van der Waals surface area contributed by atoms with Gasteiger partial charge in [0.1, 0.15) is 24.4 Å². The molecular formula is C26H42O9. The summed E-state index contributed by atoms with van der Waals surface area (Å²) in [7, 11) is 0. The molecule has 6 N–H and O–H groups in total. The first-order chi connectivity index (χ1) is 16.4. The lowest BCUT2D eigenvalue weighted by Crippen LogP contribution is -2.61. The van der Waals surface area contributed by atoms with E-state index in [0.717, 1.165) is 44.9 Å². The summed E-state index contributed by atoms with van der Waals surface area (Å²) >= 11 is 0. The molecule has 1 spiro atoms. The zero-order chi connectivity index (χ0) is 25.4. The van der Waals surface area contributed by atoms with E-state index in [1.165, 1.54) is 0 Å². The van der Waals surface area contributed by atoms with Gasteiger partial charge in [-0.1, -0.05) is 13.3 Å². The van der Waals surface area contributed by atoms with Crippen molar-refractivity contribution in [1.82, 2.24) is 0 Å². The van der Waals surface area contributed by atoms with Gasteiger partial charge in [0.05, 0.1) is 24.2 Å². The number of carbonyl (C=O) groups is 1. The molecule has 1 heterocycles. The van der Waals surface area contributed by atoms with Crippen LogP contribution in [0.25, 0.3) is 0 Å². The predicted octanol–water partition coefficient (Wildman–Crippen LogP) is 0.466. The highest BCUT2D eigenvalue weighted by molar-refractivity contribution is 5.77. The lowest BCUT2D eigenvalue weighted by atomic mass is 9.41. The molecule has 0 unspecified atom stereocenters. The molecule has 1 aliphatic heterocycles. The fraction of sp³-hybridized carbons (Fsp3) is 0.962. The molecule has 35 heavy (non-hydrogen) atoms. The Morgan fingerprint density at radius 3 is 2.40 bits per heavy atom. The summed E-state index contributed by atoms with van der Waals surface area (Å²) in [5, 5.41) is 61.1. The second-order valence-corrected chi connectivity index (χ2v) is 12.8. The third-order valence-electron chi connectivity index (χ3n) is 11.1. The molecule has 0 aromatic heterocycles. The molecule has 1 saturated heterocycles. The van der Waals surface area contributed by atoms with Crippen LogP contribution in [0, 0.1) is 34.0 Å². The van der Waals surface area contributed by atoms with Crippen molar-refractivity contribution in [3.8, 4) is 0 Å². The average Bonchev–Trinajstić information content (AvgIpc) is 3.04. The number of aliphatic hydroxyl groups is 6. The zero-order valence-corrected chi connectivity index (χ0v) is 20.8. The number of esters is 1. The number of ether oxygens (including phenoxy) is 2. The largest absolute Gasteiger partial charge is 0.432 e. The Morgan fingerprint density at radius 2 is 1.71 bits per heavy atom. The van der Waals surface area contributed by atoms with E-state index in [1.807, 2.05) is 6.92 Å². The van der Waals surface area contributed by atoms with E-state index in [1.54, 1.807) is 0 Å². The van der Waals surface area contributed by atoms with Crippen LogP contribution in [0.4, 0.5) is 0 Å². The number of carbonyl (C=O) groups excluding carboxylic acids is 1. The minimum Gasteiger partial charge on any atom is -0.432 e. The molecule has 4 saturated carbocycles. The first-order valence-corrected chi connectivity index (χ1v) is 13.3. The normalized spacial score (nSPS) is 55.7. The van der Waals surface area contributed by atoms with Gasteiger partial charge in [0.15, 0.2) is 0 Å². The second-order valence-electron chi connectivity index (χ2n) is 12.8. The number of hydrogen-bond acceptors (Lipinski definition) is 9. The van der Waals surface area contributed by atoms with Crippen molar-refractivity contribution < 1.29 is 44.9 Å². The van der Waals surface area contributed by atoms with Gasteiger partial charge in [-0.25, -0.2) is 0 Å². The lowest BCUT2D eigenvalue weighted by molar-refractivity contribution is -0.298. The van der Waals surface area contributed by atoms with E-state index in [4.69, 9.17) is 9.47 Å². The van der Waals surface area contributed by atoms with Gasteiger partial charge in [-0.2, -0.15) is 0 Å². The molecule has 5 aliphatic rings. The summed E-state index contributed by atoms with van der Waals surface area (Å²) in [5.74, 6) is 0.0529. The zero-order valence-electron chi connectivity index (χ0n) is 20.8. The van der Waals surface area contributed by atoms with E-state index in [2.05, 4.69) is 6.92 Å². The van der Waals surface area contributed by atoms with Crippen molar-refractivity contribution in [2.45, 2.75) is 108 Å². The van der Waals surface area contributed by atoms with Gasteiger partial charge >= 0.3 is 5.97 Å². The third-order valence-corrected chi connectivity index (χ3v) is 11.1. The lowest BCUT2D eigenvalue weighted by Gasteiger charge is -2.63. The van der Waals surface area contributed by atoms with Crippen LogP contribution < -0.4 is 0 Å². The Kier molecular flexibility index (Phi) is 6.35. The molecule has 5 fully saturated rings. The van der Waals surface area contributed by atoms with Gasteiger partial charge in [-0.05, 0) is 86.9 Å². The van der Waals surface area contributed by atoms with Crippen molar-refractivity contribution in [2.75, 3.05) is 13.2 Å². The van der Waals surface area contributed by atoms with Crippen molar-refractivity contribution in [3.63, 3.8) is 0 Å². The maximum absolute atomic E-state index is 13.7. The van der Waals surface area contributed by atoms with E-state index < -0.39 is 54.3 Å². The van der Waals surface area contributed by atoms with Gasteiger partial charge in [0.25, 0.3) is 0 Å². The summed E-state index contributed by atoms with van der Waals surface area (Å²) in [6.07, 6.45) is 0.327. The molecule has 200 valence electrons. The number of rotatable bonds is 4. The van der Waals surface area contributed by atoms with Crippen molar-refractivity contribution >= 4 is 5.97 Å². The summed E-state index contributed by atoms with van der Waals surface area (Å²) in [5.41, 5.74) is -1.94. The molecule has 12 atom stereocenters. The summed E-state index contributed by atoms with van der Waals surface area (Å²) < 4.78 is 11.1. The number of aliphatic hydroxyl groups excluding tert-OH is 5. The van der Waals surface area contributed by atoms with Crippen LogP contribution in [0.15, 0.2) is 0 Å². The Hall–Kier alpha value is -0.810. The van der Waals surface area contributed by atoms with E-state index in [0.29, 0.717) is 18.8 Å². The minimum absolute atomic E-state index is 0.00886. The van der Waals surface area contributed by atoms with Gasteiger partial charge in [-0.15, -0.1) is 0 Å². The topological polar surface area (TPSA) is 157 Å². The Bertz CT molecular complexity index is 836. The quantitative estimate of drug-likeness (QED) is 0.303. The van der Waals surface area contributed by atoms with Crippen molar-refractivity contribution in [3.05, 3.63) is 0 Å². The van der Waals surface area contributed by atoms with Gasteiger partial charge in [0.2, 0.25) is 6.29 Å². The first-order valence-electron chi connectivity index (χ1n) is 13.3. The summed E-state index contributed by atoms with van der Waals surface area (Å²) in [4.78, 5) is 13.7. The summed E-state index contributed by atoms with van der Waals surface area (Å²) in [6, 6.07) is 0. The fourth-order valence-electron chi connectivity index (χ4n) is 9.46. The second kappa shape index (κ2) is 8.61. The first kappa shape index (κ1) is 25.8. The van der Waals surface area contributed by atoms with E-state index >= 15 is 0 Å². The van der Waals surface area contributed by atoms with Crippen molar-refractivity contribution in [2.24, 2.45) is 34.0 Å². The van der Waals surface area contributed by atoms with Crippen LogP contribution in [-0.4, -0.2) is 86.1 Å². The highest BCUT2D eigenvalue weighted by Gasteiger charge is 2.68. The SMILES string of the molecule is C[C@@]12CCC[C@@](C)(C(=O)O[C@@H]3O[C@H](CO)[C@@H](O)[C@H](O)[C@H]3O)[C@H]1CC[C@@]13C[C@@H](CC[C@@H]12)[C@](O)(CO)C3. The Balaban J connectivity index is 1.38. The standard InChI is InChI=1S/C26H42O9/c1-23-7-3-8-24(2,22(32)35-21-20(31)19(30)18(29)15(11-27)34-21)16(23)6-9-25-10-14(4-5-17(23)25)26(33,12-25)13-28/h14-21,27-31,33H,3-13H2,1-2H3/t14-,15-,16+,17-,18-,19+,20-,21+,23-,24-,25+,26-/m1/s1. The van der Waals surface area contributed by atoms with Crippen LogP contribution in [0.1, 0.15) is 71.6 Å². The third kappa shape index (κ3) is 3.64. The smallest absolute Gasteiger partial charge is 0.314 e. The molecule has 0 radical (unpaired) electrons. The van der Waals surface area contributed by atoms with Crippen LogP contribution >= 0.6 is 0 Å². The summed E-state index contributed by atoms with van der Waals surface area (Å²) in [6.45, 7) is 3.44. The molecule has 9 nitrogen and oxygen atoms in total. The molecule has 2 bridgehead atoms. The van der Waals surface area contributed by atoms with Crippen LogP contribution in [0.5, 0.6) is 0 Å².